The van der Waals surface area contributed by atoms with E-state index in [1.807, 2.05) is 30.3 Å². The third-order valence-electron chi connectivity index (χ3n) is 4.06. The molecule has 0 fully saturated rings. The van der Waals surface area contributed by atoms with Crippen molar-refractivity contribution in [3.05, 3.63) is 70.3 Å². The number of anilines is 1. The molecule has 1 amide bonds. The highest BCUT2D eigenvalue weighted by Crippen LogP contribution is 2.26. The van der Waals surface area contributed by atoms with Gasteiger partial charge in [-0.3, -0.25) is 14.9 Å². The van der Waals surface area contributed by atoms with E-state index in [9.17, 15) is 14.9 Å². The summed E-state index contributed by atoms with van der Waals surface area (Å²) in [5.74, 6) is -0.0945. The van der Waals surface area contributed by atoms with E-state index in [0.717, 1.165) is 5.56 Å². The number of benzene rings is 2. The van der Waals surface area contributed by atoms with Gasteiger partial charge in [0.25, 0.3) is 5.69 Å². The molecular weight excluding hydrogens is 368 g/mol. The molecule has 2 aromatic carbocycles. The number of likely N-dealkylation sites (N-methyl/N-ethyl adjacent to an activating group) is 1. The Bertz CT molecular complexity index is 743. The van der Waals surface area contributed by atoms with Crippen LogP contribution in [0.15, 0.2) is 54.6 Å². The van der Waals surface area contributed by atoms with Gasteiger partial charge in [-0.25, -0.2) is 0 Å². The second-order valence-corrected chi connectivity index (χ2v) is 6.05. The number of nitro groups is 1. The summed E-state index contributed by atoms with van der Waals surface area (Å²) < 4.78 is 0. The quantitative estimate of drug-likeness (QED) is 0.523. The van der Waals surface area contributed by atoms with Crippen LogP contribution in [-0.4, -0.2) is 42.4 Å². The lowest BCUT2D eigenvalue weighted by atomic mass is 10.2. The number of carbonyl (C=O) groups excluding carboxylic acids is 1. The largest absolute Gasteiger partial charge is 0.360 e. The van der Waals surface area contributed by atoms with Gasteiger partial charge in [0.2, 0.25) is 5.91 Å². The lowest BCUT2D eigenvalue weighted by Gasteiger charge is -2.26. The summed E-state index contributed by atoms with van der Waals surface area (Å²) in [6.45, 7) is 1.60. The molecule has 0 saturated carbocycles. The molecule has 146 valence electrons. The van der Waals surface area contributed by atoms with Crippen molar-refractivity contribution in [2.75, 3.05) is 31.6 Å². The Hall–Kier alpha value is -2.64. The number of amides is 1. The van der Waals surface area contributed by atoms with Crippen molar-refractivity contribution in [3.8, 4) is 0 Å². The van der Waals surface area contributed by atoms with Gasteiger partial charge < -0.3 is 15.5 Å². The zero-order chi connectivity index (χ0) is 18.9. The Morgan fingerprint density at radius 2 is 1.74 bits per heavy atom. The molecule has 0 atom stereocenters. The number of hydrogen-bond acceptors (Lipinski definition) is 5. The summed E-state index contributed by atoms with van der Waals surface area (Å²) in [5, 5.41) is 11.2. The smallest absolute Gasteiger partial charge is 0.292 e. The van der Waals surface area contributed by atoms with Crippen molar-refractivity contribution in [3.63, 3.8) is 0 Å². The first-order chi connectivity index (χ1) is 12.5. The monoisotopic (exact) mass is 392 g/mol. The molecule has 0 aliphatic rings. The van der Waals surface area contributed by atoms with Crippen molar-refractivity contribution in [2.24, 2.45) is 5.73 Å². The van der Waals surface area contributed by atoms with Gasteiger partial charge in [0.05, 0.1) is 11.5 Å². The Balaban J connectivity index is 0.00000364. The van der Waals surface area contributed by atoms with E-state index < -0.39 is 4.92 Å². The van der Waals surface area contributed by atoms with Crippen molar-refractivity contribution in [1.29, 1.82) is 0 Å². The Labute approximate surface area is 165 Å². The first kappa shape index (κ1) is 22.4. The molecule has 7 nitrogen and oxygen atoms in total. The second-order valence-electron chi connectivity index (χ2n) is 6.05. The predicted octanol–water partition coefficient (Wildman–Crippen LogP) is 2.83. The third-order valence-corrected chi connectivity index (χ3v) is 4.06. The minimum absolute atomic E-state index is 0. The number of nitrogens with two attached hydrogens (primary N) is 1. The van der Waals surface area contributed by atoms with E-state index in [1.54, 1.807) is 35.0 Å². The molecule has 0 bridgehead atoms. The normalized spacial score (nSPS) is 10.0. The molecule has 27 heavy (non-hydrogen) atoms. The average Bonchev–Trinajstić information content (AvgIpc) is 2.65. The Morgan fingerprint density at radius 3 is 2.37 bits per heavy atom. The number of rotatable bonds is 9. The van der Waals surface area contributed by atoms with Crippen LogP contribution in [0.3, 0.4) is 0 Å². The second kappa shape index (κ2) is 11.2. The molecule has 0 aliphatic heterocycles. The van der Waals surface area contributed by atoms with Crippen molar-refractivity contribution in [1.82, 2.24) is 4.90 Å². The molecule has 0 radical (unpaired) electrons. The van der Waals surface area contributed by atoms with E-state index >= 15 is 0 Å². The molecule has 2 aromatic rings. The number of halogens is 1. The summed E-state index contributed by atoms with van der Waals surface area (Å²) in [4.78, 5) is 26.9. The van der Waals surface area contributed by atoms with Crippen LogP contribution >= 0.6 is 12.4 Å². The zero-order valence-corrected chi connectivity index (χ0v) is 16.1. The third kappa shape index (κ3) is 6.54. The fourth-order valence-corrected chi connectivity index (χ4v) is 2.71. The number of carbonyl (C=O) groups is 1. The van der Waals surface area contributed by atoms with Crippen LogP contribution in [0.1, 0.15) is 12.0 Å². The first-order valence-electron chi connectivity index (χ1n) is 8.49. The molecule has 0 unspecified atom stereocenters. The Kier molecular flexibility index (Phi) is 9.25. The van der Waals surface area contributed by atoms with E-state index in [4.69, 9.17) is 5.73 Å². The minimum Gasteiger partial charge on any atom is -0.360 e. The zero-order valence-electron chi connectivity index (χ0n) is 15.3. The molecule has 0 heterocycles. The van der Waals surface area contributed by atoms with Gasteiger partial charge in [-0.15, -0.1) is 12.4 Å². The molecule has 8 heteroatoms. The fourth-order valence-electron chi connectivity index (χ4n) is 2.71. The van der Waals surface area contributed by atoms with Crippen LogP contribution in [0.4, 0.5) is 11.4 Å². The van der Waals surface area contributed by atoms with Crippen LogP contribution in [0.5, 0.6) is 0 Å². The summed E-state index contributed by atoms with van der Waals surface area (Å²) in [6, 6.07) is 16.1. The summed E-state index contributed by atoms with van der Waals surface area (Å²) in [7, 11) is 1.68. The van der Waals surface area contributed by atoms with Gasteiger partial charge in [-0.05, 0) is 24.6 Å². The lowest BCUT2D eigenvalue weighted by Crippen LogP contribution is -2.39. The van der Waals surface area contributed by atoms with E-state index in [0.29, 0.717) is 31.7 Å². The van der Waals surface area contributed by atoms with Crippen LogP contribution < -0.4 is 10.6 Å². The summed E-state index contributed by atoms with van der Waals surface area (Å²) in [5.41, 5.74) is 7.03. The van der Waals surface area contributed by atoms with Gasteiger partial charge in [0.1, 0.15) is 5.69 Å². The maximum absolute atomic E-state index is 12.8. The highest BCUT2D eigenvalue weighted by Gasteiger charge is 2.20. The van der Waals surface area contributed by atoms with Gasteiger partial charge >= 0.3 is 0 Å². The maximum Gasteiger partial charge on any atom is 0.292 e. The number of nitrogens with zero attached hydrogens (tertiary/aromatic N) is 3. The van der Waals surface area contributed by atoms with Crippen LogP contribution in [0.25, 0.3) is 0 Å². The maximum atomic E-state index is 12.8. The van der Waals surface area contributed by atoms with Crippen molar-refractivity contribution < 1.29 is 9.72 Å². The standard InChI is InChI=1S/C19H24N4O3.ClH/c1-21(17-10-5-6-11-18(17)23(25)26)15-19(24)22(13-7-12-20)14-16-8-3-2-4-9-16;/h2-6,8-11H,7,12-15,20H2,1H3;1H. The van der Waals surface area contributed by atoms with Crippen molar-refractivity contribution in [2.45, 2.75) is 13.0 Å². The van der Waals surface area contributed by atoms with Gasteiger partial charge in [-0.1, -0.05) is 42.5 Å². The SMILES string of the molecule is CN(CC(=O)N(CCCN)Cc1ccccc1)c1ccccc1[N+](=O)[O-].Cl. The molecule has 2 rings (SSSR count). The molecule has 0 saturated heterocycles. The Morgan fingerprint density at radius 1 is 1.11 bits per heavy atom. The molecule has 2 N–H and O–H groups in total. The predicted molar refractivity (Wildman–Crippen MR) is 109 cm³/mol. The molecule has 0 aliphatic carbocycles. The summed E-state index contributed by atoms with van der Waals surface area (Å²) >= 11 is 0. The highest BCUT2D eigenvalue weighted by atomic mass is 35.5. The van der Waals surface area contributed by atoms with E-state index in [1.165, 1.54) is 6.07 Å². The highest BCUT2D eigenvalue weighted by molar-refractivity contribution is 5.85. The summed E-state index contributed by atoms with van der Waals surface area (Å²) in [6.07, 6.45) is 0.702. The van der Waals surface area contributed by atoms with Crippen molar-refractivity contribution >= 4 is 29.7 Å². The number of para-hydroxylation sites is 2. The van der Waals surface area contributed by atoms with Crippen LogP contribution in [0.2, 0.25) is 0 Å². The van der Waals surface area contributed by atoms with Crippen LogP contribution in [-0.2, 0) is 11.3 Å². The minimum atomic E-state index is -0.438. The molecular formula is C19H25ClN4O3. The fraction of sp³-hybridized carbons (Fsp3) is 0.316. The average molecular weight is 393 g/mol. The van der Waals surface area contributed by atoms with Crippen LogP contribution in [0, 0.1) is 10.1 Å². The number of nitro benzene ring substituents is 1. The lowest BCUT2D eigenvalue weighted by molar-refractivity contribution is -0.384. The van der Waals surface area contributed by atoms with E-state index in [2.05, 4.69) is 0 Å². The molecule has 0 aromatic heterocycles. The molecule has 0 spiro atoms. The topological polar surface area (TPSA) is 92.7 Å². The van der Waals surface area contributed by atoms with Gasteiger partial charge in [0.15, 0.2) is 0 Å². The van der Waals surface area contributed by atoms with Gasteiger partial charge in [0, 0.05) is 26.2 Å². The van der Waals surface area contributed by atoms with Gasteiger partial charge in [-0.2, -0.15) is 0 Å². The number of hydrogen-bond donors (Lipinski definition) is 1. The first-order valence-corrected chi connectivity index (χ1v) is 8.49. The van der Waals surface area contributed by atoms with E-state index in [-0.39, 0.29) is 30.5 Å².